The van der Waals surface area contributed by atoms with Gasteiger partial charge in [0.05, 0.1) is 0 Å². The van der Waals surface area contributed by atoms with Gasteiger partial charge in [-0.3, -0.25) is 9.59 Å². The van der Waals surface area contributed by atoms with Crippen LogP contribution < -0.4 is 16.0 Å². The molecule has 2 amide bonds. The van der Waals surface area contributed by atoms with E-state index in [-0.39, 0.29) is 36.2 Å². The number of carbonyl (C=O) groups is 2. The third kappa shape index (κ3) is 5.49. The number of amides is 2. The van der Waals surface area contributed by atoms with Crippen molar-refractivity contribution in [3.8, 4) is 0 Å². The number of hydrogen-bond donors (Lipinski definition) is 3. The first kappa shape index (κ1) is 20.5. The molecule has 2 rings (SSSR count). The second-order valence-corrected chi connectivity index (χ2v) is 6.72. The minimum Gasteiger partial charge on any atom is -0.350 e. The van der Waals surface area contributed by atoms with Crippen molar-refractivity contribution in [3.63, 3.8) is 0 Å². The van der Waals surface area contributed by atoms with E-state index in [9.17, 15) is 9.59 Å². The maximum atomic E-state index is 12.4. The van der Waals surface area contributed by atoms with Crippen molar-refractivity contribution in [3.05, 3.63) is 29.3 Å². The fourth-order valence-electron chi connectivity index (χ4n) is 2.95. The lowest BCUT2D eigenvalue weighted by Gasteiger charge is -2.27. The minimum atomic E-state index is -0.0810. The maximum Gasteiger partial charge on any atom is 0.251 e. The number of halogens is 1. The van der Waals surface area contributed by atoms with E-state index in [1.54, 1.807) is 12.1 Å². The second-order valence-electron chi connectivity index (χ2n) is 6.72. The fourth-order valence-corrected chi connectivity index (χ4v) is 2.95. The Morgan fingerprint density at radius 1 is 1.29 bits per heavy atom. The van der Waals surface area contributed by atoms with E-state index in [2.05, 4.69) is 22.9 Å². The van der Waals surface area contributed by atoms with Crippen LogP contribution in [-0.2, 0) is 4.79 Å². The molecule has 1 aromatic carbocycles. The molecule has 1 aliphatic rings. The molecule has 1 heterocycles. The van der Waals surface area contributed by atoms with Crippen molar-refractivity contribution in [2.45, 2.75) is 52.6 Å². The Labute approximate surface area is 150 Å². The van der Waals surface area contributed by atoms with Crippen LogP contribution in [-0.4, -0.2) is 30.4 Å². The number of benzene rings is 1. The first-order valence-corrected chi connectivity index (χ1v) is 8.32. The van der Waals surface area contributed by atoms with Gasteiger partial charge in [0, 0.05) is 29.3 Å². The van der Waals surface area contributed by atoms with E-state index in [1.165, 1.54) is 0 Å². The van der Waals surface area contributed by atoms with Crippen LogP contribution in [0.5, 0.6) is 0 Å². The van der Waals surface area contributed by atoms with Crippen molar-refractivity contribution in [1.82, 2.24) is 10.6 Å². The Morgan fingerprint density at radius 3 is 2.58 bits per heavy atom. The monoisotopic (exact) mass is 353 g/mol. The third-order valence-corrected chi connectivity index (χ3v) is 4.15. The van der Waals surface area contributed by atoms with E-state index >= 15 is 0 Å². The lowest BCUT2D eigenvalue weighted by molar-refractivity contribution is -0.120. The SMILES string of the molecule is Cc1cc(NC(=O)[C@H]2CCN[C@@H](C)C2)ccc1C(=O)NC(C)C.Cl. The van der Waals surface area contributed by atoms with Crippen molar-refractivity contribution in [1.29, 1.82) is 0 Å². The number of hydrogen-bond acceptors (Lipinski definition) is 3. The molecule has 1 saturated heterocycles. The van der Waals surface area contributed by atoms with Gasteiger partial charge < -0.3 is 16.0 Å². The zero-order valence-electron chi connectivity index (χ0n) is 14.8. The lowest BCUT2D eigenvalue weighted by atomic mass is 9.92. The topological polar surface area (TPSA) is 70.2 Å². The third-order valence-electron chi connectivity index (χ3n) is 4.15. The normalized spacial score (nSPS) is 20.2. The Balaban J connectivity index is 0.00000288. The molecule has 1 fully saturated rings. The molecule has 0 aliphatic carbocycles. The van der Waals surface area contributed by atoms with Crippen LogP contribution in [0.4, 0.5) is 5.69 Å². The molecule has 0 unspecified atom stereocenters. The lowest BCUT2D eigenvalue weighted by Crippen LogP contribution is -2.40. The summed E-state index contributed by atoms with van der Waals surface area (Å²) in [5.41, 5.74) is 2.26. The van der Waals surface area contributed by atoms with E-state index in [1.807, 2.05) is 26.8 Å². The molecule has 1 aromatic rings. The highest BCUT2D eigenvalue weighted by Crippen LogP contribution is 2.20. The molecule has 134 valence electrons. The number of carbonyl (C=O) groups excluding carboxylic acids is 2. The molecule has 5 nitrogen and oxygen atoms in total. The average molecular weight is 354 g/mol. The molecule has 0 radical (unpaired) electrons. The largest absolute Gasteiger partial charge is 0.350 e. The summed E-state index contributed by atoms with van der Waals surface area (Å²) in [6.45, 7) is 8.74. The Hall–Kier alpha value is -1.59. The van der Waals surface area contributed by atoms with E-state index in [0.29, 0.717) is 11.6 Å². The summed E-state index contributed by atoms with van der Waals surface area (Å²) in [7, 11) is 0. The summed E-state index contributed by atoms with van der Waals surface area (Å²) in [4.78, 5) is 24.5. The highest BCUT2D eigenvalue weighted by Gasteiger charge is 2.24. The zero-order valence-corrected chi connectivity index (χ0v) is 15.6. The predicted octanol–water partition coefficient (Wildman–Crippen LogP) is 2.88. The fraction of sp³-hybridized carbons (Fsp3) is 0.556. The van der Waals surface area contributed by atoms with Crippen LogP contribution >= 0.6 is 12.4 Å². The van der Waals surface area contributed by atoms with Gasteiger partial charge in [0.1, 0.15) is 0 Å². The van der Waals surface area contributed by atoms with Crippen molar-refractivity contribution in [2.75, 3.05) is 11.9 Å². The second kappa shape index (κ2) is 9.04. The van der Waals surface area contributed by atoms with Gasteiger partial charge in [0.2, 0.25) is 5.91 Å². The van der Waals surface area contributed by atoms with Crippen LogP contribution in [0.1, 0.15) is 49.5 Å². The molecule has 0 spiro atoms. The smallest absolute Gasteiger partial charge is 0.251 e. The molecule has 0 aromatic heterocycles. The molecule has 24 heavy (non-hydrogen) atoms. The number of piperidine rings is 1. The van der Waals surface area contributed by atoms with Gasteiger partial charge in [-0.05, 0) is 70.8 Å². The van der Waals surface area contributed by atoms with Crippen molar-refractivity contribution >= 4 is 29.9 Å². The first-order chi connectivity index (χ1) is 10.9. The van der Waals surface area contributed by atoms with Gasteiger partial charge in [-0.2, -0.15) is 0 Å². The van der Waals surface area contributed by atoms with E-state index < -0.39 is 0 Å². The van der Waals surface area contributed by atoms with Gasteiger partial charge in [-0.1, -0.05) is 0 Å². The summed E-state index contributed by atoms with van der Waals surface area (Å²) in [6.07, 6.45) is 1.73. The summed E-state index contributed by atoms with van der Waals surface area (Å²) in [5.74, 6) is 0.0372. The molecule has 0 bridgehead atoms. The summed E-state index contributed by atoms with van der Waals surface area (Å²) >= 11 is 0. The molecule has 6 heteroatoms. The number of aryl methyl sites for hydroxylation is 1. The molecular formula is C18H28ClN3O2. The van der Waals surface area contributed by atoms with Crippen LogP contribution in [0, 0.1) is 12.8 Å². The molecule has 1 aliphatic heterocycles. The van der Waals surface area contributed by atoms with Crippen LogP contribution in [0.15, 0.2) is 18.2 Å². The van der Waals surface area contributed by atoms with Gasteiger partial charge in [0.25, 0.3) is 5.91 Å². The molecule has 0 saturated carbocycles. The van der Waals surface area contributed by atoms with E-state index in [0.717, 1.165) is 30.6 Å². The zero-order chi connectivity index (χ0) is 17.0. The van der Waals surface area contributed by atoms with Crippen LogP contribution in [0.25, 0.3) is 0 Å². The van der Waals surface area contributed by atoms with Gasteiger partial charge in [-0.25, -0.2) is 0 Å². The van der Waals surface area contributed by atoms with Crippen LogP contribution in [0.2, 0.25) is 0 Å². The van der Waals surface area contributed by atoms with Gasteiger partial charge >= 0.3 is 0 Å². The standard InChI is InChI=1S/C18H27N3O2.ClH/c1-11(2)20-18(23)16-6-5-15(9-12(16)3)21-17(22)14-7-8-19-13(4)10-14;/h5-6,9,11,13-14,19H,7-8,10H2,1-4H3,(H,20,23)(H,21,22);1H/t13-,14-;/m0./s1. The van der Waals surface area contributed by atoms with Crippen molar-refractivity contribution < 1.29 is 9.59 Å². The summed E-state index contributed by atoms with van der Waals surface area (Å²) < 4.78 is 0. The summed E-state index contributed by atoms with van der Waals surface area (Å²) in [6, 6.07) is 5.90. The van der Waals surface area contributed by atoms with Crippen molar-refractivity contribution in [2.24, 2.45) is 5.92 Å². The quantitative estimate of drug-likeness (QED) is 0.779. The highest BCUT2D eigenvalue weighted by molar-refractivity contribution is 5.97. The Bertz CT molecular complexity index is 590. The van der Waals surface area contributed by atoms with Gasteiger partial charge in [-0.15, -0.1) is 12.4 Å². The number of rotatable bonds is 4. The number of nitrogens with one attached hydrogen (secondary N) is 3. The van der Waals surface area contributed by atoms with E-state index in [4.69, 9.17) is 0 Å². The van der Waals surface area contributed by atoms with Crippen LogP contribution in [0.3, 0.4) is 0 Å². The number of anilines is 1. The maximum absolute atomic E-state index is 12.4. The minimum absolute atomic E-state index is 0. The Kier molecular flexibility index (Phi) is 7.70. The molecular weight excluding hydrogens is 326 g/mol. The Morgan fingerprint density at radius 2 is 2.00 bits per heavy atom. The molecule has 2 atom stereocenters. The molecule has 3 N–H and O–H groups in total. The predicted molar refractivity (Wildman–Crippen MR) is 99.8 cm³/mol. The first-order valence-electron chi connectivity index (χ1n) is 8.32. The van der Waals surface area contributed by atoms with Gasteiger partial charge in [0.15, 0.2) is 0 Å². The highest BCUT2D eigenvalue weighted by atomic mass is 35.5. The summed E-state index contributed by atoms with van der Waals surface area (Å²) in [5, 5.41) is 9.22. The average Bonchev–Trinajstić information content (AvgIpc) is 2.46.